The maximum atomic E-state index is 12.3. The molecule has 1 amide bonds. The lowest BCUT2D eigenvalue weighted by Gasteiger charge is -2.25. The normalized spacial score (nSPS) is 12.5. The Morgan fingerprint density at radius 1 is 1.28 bits per heavy atom. The molecule has 0 aliphatic carbocycles. The molecule has 1 unspecified atom stereocenters. The van der Waals surface area contributed by atoms with Crippen molar-refractivity contribution >= 4 is 18.5 Å². The van der Waals surface area contributed by atoms with E-state index < -0.39 is 0 Å². The van der Waals surface area contributed by atoms with Crippen LogP contribution in [0.3, 0.4) is 0 Å². The molecule has 0 spiro atoms. The smallest absolute Gasteiger partial charge is 0.235 e. The molecular formula is C15H23NOS. The van der Waals surface area contributed by atoms with Gasteiger partial charge in [0.1, 0.15) is 0 Å². The zero-order chi connectivity index (χ0) is 13.5. The summed E-state index contributed by atoms with van der Waals surface area (Å²) in [5, 5.41) is -0.244. The highest BCUT2D eigenvalue weighted by Crippen LogP contribution is 2.12. The summed E-state index contributed by atoms with van der Waals surface area (Å²) < 4.78 is 0. The van der Waals surface area contributed by atoms with Crippen molar-refractivity contribution in [1.29, 1.82) is 0 Å². The van der Waals surface area contributed by atoms with Gasteiger partial charge in [-0.15, -0.1) is 0 Å². The molecule has 1 aromatic rings. The van der Waals surface area contributed by atoms with Crippen molar-refractivity contribution in [1.82, 2.24) is 4.90 Å². The minimum Gasteiger partial charge on any atom is -0.342 e. The average Bonchev–Trinajstić information content (AvgIpc) is 2.36. The number of rotatable bonds is 6. The van der Waals surface area contributed by atoms with E-state index >= 15 is 0 Å². The second kappa shape index (κ2) is 7.47. The predicted octanol–water partition coefficient (Wildman–Crippen LogP) is 3.03. The molecule has 0 radical (unpaired) electrons. The van der Waals surface area contributed by atoms with E-state index in [9.17, 15) is 4.79 Å². The molecule has 0 fully saturated rings. The van der Waals surface area contributed by atoms with Crippen LogP contribution in [0.4, 0.5) is 0 Å². The van der Waals surface area contributed by atoms with Gasteiger partial charge in [0, 0.05) is 13.1 Å². The van der Waals surface area contributed by atoms with Crippen LogP contribution in [0.1, 0.15) is 26.3 Å². The van der Waals surface area contributed by atoms with Crippen LogP contribution in [-0.2, 0) is 11.2 Å². The second-order valence-corrected chi connectivity index (χ2v) is 5.60. The molecule has 0 aliphatic heterocycles. The number of nitrogens with zero attached hydrogens (tertiary/aromatic N) is 1. The highest BCUT2D eigenvalue weighted by Gasteiger charge is 2.20. The first-order valence-corrected chi connectivity index (χ1v) is 7.07. The Morgan fingerprint density at radius 3 is 2.39 bits per heavy atom. The topological polar surface area (TPSA) is 20.3 Å². The Balaban J connectivity index is 2.59. The first kappa shape index (κ1) is 15.1. The standard InChI is InChI=1S/C15H23NOS/c1-4-16(11-12(2)3)15(17)14(18)10-13-8-6-5-7-9-13/h5-9,12,14,18H,4,10-11H2,1-3H3. The quantitative estimate of drug-likeness (QED) is 0.784. The van der Waals surface area contributed by atoms with Crippen LogP contribution >= 0.6 is 12.6 Å². The molecule has 1 atom stereocenters. The lowest BCUT2D eigenvalue weighted by Crippen LogP contribution is -2.39. The highest BCUT2D eigenvalue weighted by atomic mass is 32.1. The Morgan fingerprint density at radius 2 is 1.89 bits per heavy atom. The van der Waals surface area contributed by atoms with Crippen molar-refractivity contribution in [2.75, 3.05) is 13.1 Å². The zero-order valence-corrected chi connectivity index (χ0v) is 12.4. The van der Waals surface area contributed by atoms with Gasteiger partial charge in [0.15, 0.2) is 0 Å². The van der Waals surface area contributed by atoms with Crippen molar-refractivity contribution in [2.24, 2.45) is 5.92 Å². The van der Waals surface area contributed by atoms with E-state index in [-0.39, 0.29) is 11.2 Å². The molecule has 2 nitrogen and oxygen atoms in total. The van der Waals surface area contributed by atoms with E-state index in [0.717, 1.165) is 18.7 Å². The maximum absolute atomic E-state index is 12.3. The van der Waals surface area contributed by atoms with E-state index in [1.807, 2.05) is 42.2 Å². The van der Waals surface area contributed by atoms with Crippen molar-refractivity contribution < 1.29 is 4.79 Å². The average molecular weight is 265 g/mol. The summed E-state index contributed by atoms with van der Waals surface area (Å²) in [6.45, 7) is 7.83. The summed E-state index contributed by atoms with van der Waals surface area (Å²) in [6, 6.07) is 10.0. The number of amides is 1. The van der Waals surface area contributed by atoms with Crippen molar-refractivity contribution in [3.05, 3.63) is 35.9 Å². The SMILES string of the molecule is CCN(CC(C)C)C(=O)C(S)Cc1ccccc1. The molecule has 18 heavy (non-hydrogen) atoms. The van der Waals surface area contributed by atoms with Crippen LogP contribution in [-0.4, -0.2) is 29.1 Å². The van der Waals surface area contributed by atoms with Crippen LogP contribution in [0.25, 0.3) is 0 Å². The number of thiol groups is 1. The molecule has 0 heterocycles. The summed E-state index contributed by atoms with van der Waals surface area (Å²) >= 11 is 4.46. The minimum atomic E-state index is -0.244. The van der Waals surface area contributed by atoms with Gasteiger partial charge in [-0.25, -0.2) is 0 Å². The van der Waals surface area contributed by atoms with Crippen molar-refractivity contribution in [2.45, 2.75) is 32.4 Å². The van der Waals surface area contributed by atoms with E-state index in [0.29, 0.717) is 12.3 Å². The van der Waals surface area contributed by atoms with E-state index in [2.05, 4.69) is 26.5 Å². The van der Waals surface area contributed by atoms with Crippen LogP contribution in [0.5, 0.6) is 0 Å². The maximum Gasteiger partial charge on any atom is 0.235 e. The Kier molecular flexibility index (Phi) is 6.27. The second-order valence-electron chi connectivity index (χ2n) is 4.98. The Bertz CT molecular complexity index is 364. The molecule has 100 valence electrons. The van der Waals surface area contributed by atoms with Gasteiger partial charge in [0.25, 0.3) is 0 Å². The fraction of sp³-hybridized carbons (Fsp3) is 0.533. The highest BCUT2D eigenvalue weighted by molar-refractivity contribution is 7.81. The van der Waals surface area contributed by atoms with Gasteiger partial charge in [0.05, 0.1) is 5.25 Å². The summed E-state index contributed by atoms with van der Waals surface area (Å²) in [6.07, 6.45) is 0.692. The summed E-state index contributed by atoms with van der Waals surface area (Å²) in [4.78, 5) is 14.2. The largest absolute Gasteiger partial charge is 0.342 e. The van der Waals surface area contributed by atoms with E-state index in [4.69, 9.17) is 0 Å². The van der Waals surface area contributed by atoms with Crippen LogP contribution < -0.4 is 0 Å². The number of benzene rings is 1. The van der Waals surface area contributed by atoms with Gasteiger partial charge in [-0.05, 0) is 24.8 Å². The number of hydrogen-bond acceptors (Lipinski definition) is 2. The van der Waals surface area contributed by atoms with Crippen LogP contribution in [0.15, 0.2) is 30.3 Å². The number of carbonyl (C=O) groups is 1. The van der Waals surface area contributed by atoms with Gasteiger partial charge in [-0.2, -0.15) is 12.6 Å². The first-order valence-electron chi connectivity index (χ1n) is 6.55. The molecule has 0 saturated heterocycles. The molecule has 0 aliphatic rings. The summed E-state index contributed by atoms with van der Waals surface area (Å²) in [5.41, 5.74) is 1.16. The van der Waals surface area contributed by atoms with Gasteiger partial charge in [-0.1, -0.05) is 44.2 Å². The monoisotopic (exact) mass is 265 g/mol. The van der Waals surface area contributed by atoms with Gasteiger partial charge >= 0.3 is 0 Å². The molecular weight excluding hydrogens is 242 g/mol. The minimum absolute atomic E-state index is 0.137. The molecule has 1 aromatic carbocycles. The van der Waals surface area contributed by atoms with Crippen molar-refractivity contribution in [3.8, 4) is 0 Å². The van der Waals surface area contributed by atoms with Crippen molar-refractivity contribution in [3.63, 3.8) is 0 Å². The third-order valence-corrected chi connectivity index (χ3v) is 3.24. The number of carbonyl (C=O) groups excluding carboxylic acids is 1. The lowest BCUT2D eigenvalue weighted by atomic mass is 10.1. The molecule has 0 aromatic heterocycles. The molecule has 0 saturated carbocycles. The first-order chi connectivity index (χ1) is 8.54. The fourth-order valence-electron chi connectivity index (χ4n) is 1.95. The molecule has 0 N–H and O–H groups in total. The number of hydrogen-bond donors (Lipinski definition) is 1. The van der Waals surface area contributed by atoms with Gasteiger partial charge in [-0.3, -0.25) is 4.79 Å². The zero-order valence-electron chi connectivity index (χ0n) is 11.5. The molecule has 0 bridgehead atoms. The molecule has 3 heteroatoms. The van der Waals surface area contributed by atoms with E-state index in [1.165, 1.54) is 0 Å². The molecule has 1 rings (SSSR count). The third kappa shape index (κ3) is 4.73. The van der Waals surface area contributed by atoms with E-state index in [1.54, 1.807) is 0 Å². The fourth-order valence-corrected chi connectivity index (χ4v) is 2.33. The Labute approximate surface area is 116 Å². The Hall–Kier alpha value is -0.960. The summed E-state index contributed by atoms with van der Waals surface area (Å²) in [5.74, 6) is 0.629. The van der Waals surface area contributed by atoms with Gasteiger partial charge < -0.3 is 4.90 Å². The van der Waals surface area contributed by atoms with Crippen LogP contribution in [0, 0.1) is 5.92 Å². The predicted molar refractivity (Wildman–Crippen MR) is 80.0 cm³/mol. The van der Waals surface area contributed by atoms with Gasteiger partial charge in [0.2, 0.25) is 5.91 Å². The lowest BCUT2D eigenvalue weighted by molar-refractivity contribution is -0.130. The third-order valence-electron chi connectivity index (χ3n) is 2.84. The van der Waals surface area contributed by atoms with Crippen LogP contribution in [0.2, 0.25) is 0 Å². The summed E-state index contributed by atoms with van der Waals surface area (Å²) in [7, 11) is 0.